The molecule has 0 bridgehead atoms. The molecule has 0 N–H and O–H groups in total. The van der Waals surface area contributed by atoms with Gasteiger partial charge in [0.15, 0.2) is 0 Å². The third-order valence-electron chi connectivity index (χ3n) is 2.67. The quantitative estimate of drug-likeness (QED) is 0.351. The minimum Gasteiger partial charge on any atom is 0 e. The third kappa shape index (κ3) is 4.73. The van der Waals surface area contributed by atoms with Gasteiger partial charge in [0.05, 0.1) is 0 Å². The Labute approximate surface area is 114 Å². The second kappa shape index (κ2) is 7.47. The second-order valence-corrected chi connectivity index (χ2v) is 4.04. The molecular weight excluding hydrogens is 173 g/mol. The number of hydrogen-bond donors (Lipinski definition) is 0. The lowest BCUT2D eigenvalue weighted by molar-refractivity contribution is 3.38. The van der Waals surface area contributed by atoms with Gasteiger partial charge in [-0.3, -0.25) is 0 Å². The molecule has 0 aromatic carbocycles. The van der Waals surface area contributed by atoms with Gasteiger partial charge in [-0.1, -0.05) is 0 Å². The maximum atomic E-state index is 5.81. The maximum absolute atomic E-state index is 5.81. The van der Waals surface area contributed by atoms with Gasteiger partial charge in [-0.15, -0.1) is 0 Å². The molecular formula is B16. The van der Waals surface area contributed by atoms with Gasteiger partial charge in [0.1, 0.15) is 0 Å². The fourth-order valence-corrected chi connectivity index (χ4v) is 1.80. The molecule has 0 rings (SSSR count). The minimum atomic E-state index is -0.807. The van der Waals surface area contributed by atoms with Gasteiger partial charge < -0.3 is 0 Å². The van der Waals surface area contributed by atoms with Gasteiger partial charge in [0.2, 0.25) is 0 Å². The second-order valence-electron chi connectivity index (χ2n) is 4.04. The van der Waals surface area contributed by atoms with Crippen LogP contribution in [0.2, 0.25) is 0 Å². The monoisotopic (exact) mass is 176 g/mol. The standard InChI is InChI=1S/B16/c1-10(2)14(9)16(13(7)8)15(11(3)4)12(5)6. The first-order valence-corrected chi connectivity index (χ1v) is 5.00. The lowest BCUT2D eigenvalue weighted by atomic mass is 8.44. The third-order valence-corrected chi connectivity index (χ3v) is 2.67. The Kier molecular flexibility index (Phi) is 7.95. The first-order chi connectivity index (χ1) is 7.20. The van der Waals surface area contributed by atoms with E-state index >= 15 is 0 Å². The molecule has 48 valence electrons. The molecule has 0 fully saturated rings. The molecule has 0 aromatic rings. The van der Waals surface area contributed by atoms with Gasteiger partial charge >= 0.3 is 0 Å². The molecule has 18 radical (unpaired) electrons. The van der Waals surface area contributed by atoms with Crippen LogP contribution >= 0.6 is 0 Å². The molecule has 0 nitrogen and oxygen atoms in total. The van der Waals surface area contributed by atoms with Crippen LogP contribution in [0.3, 0.4) is 0 Å². The Hall–Kier alpha value is 1.04. The minimum absolute atomic E-state index is 0.556. The van der Waals surface area contributed by atoms with E-state index in [2.05, 4.69) is 0 Å². The van der Waals surface area contributed by atoms with Crippen molar-refractivity contribution in [1.82, 2.24) is 0 Å². The van der Waals surface area contributed by atoms with Crippen molar-refractivity contribution >= 4 is 114 Å². The Morgan fingerprint density at radius 3 is 0.875 bits per heavy atom. The predicted octanol–water partition coefficient (Wildman–Crippen LogP) is -6.09. The topological polar surface area (TPSA) is 0 Å². The summed E-state index contributed by atoms with van der Waals surface area (Å²) in [4.78, 5) is 0. The fourth-order valence-electron chi connectivity index (χ4n) is 1.80. The molecule has 0 atom stereocenters. The van der Waals surface area contributed by atoms with Crippen molar-refractivity contribution in [3.63, 3.8) is 0 Å². The van der Waals surface area contributed by atoms with Gasteiger partial charge in [-0.05, 0) is 0 Å². The predicted molar refractivity (Wildman–Crippen MR) is 92.1 cm³/mol. The zero-order chi connectivity index (χ0) is 13.0. The van der Waals surface area contributed by atoms with Crippen LogP contribution in [0.25, 0.3) is 0 Å². The van der Waals surface area contributed by atoms with Crippen LogP contribution < -0.4 is 0 Å². The van der Waals surface area contributed by atoms with E-state index in [0.717, 1.165) is 0 Å². The van der Waals surface area contributed by atoms with E-state index in [1.54, 1.807) is 0 Å². The summed E-state index contributed by atoms with van der Waals surface area (Å²) in [7, 11) is 50.4. The van der Waals surface area contributed by atoms with Crippen LogP contribution in [0.15, 0.2) is 0 Å². The summed E-state index contributed by atoms with van der Waals surface area (Å²) < 4.78 is 0. The van der Waals surface area contributed by atoms with Crippen LogP contribution in [0.4, 0.5) is 0 Å². The van der Waals surface area contributed by atoms with E-state index in [9.17, 15) is 0 Å². The smallest absolute Gasteiger partial charge is 0 e. The molecule has 0 unspecified atom stereocenters. The van der Waals surface area contributed by atoms with Crippen molar-refractivity contribution in [1.29, 1.82) is 0 Å². The summed E-state index contributed by atoms with van der Waals surface area (Å²) in [5.74, 6) is 0. The highest BCUT2D eigenvalue weighted by molar-refractivity contribution is 8.13. The van der Waals surface area contributed by atoms with Crippen LogP contribution in [0.5, 0.6) is 0 Å². The van der Waals surface area contributed by atoms with Crippen LogP contribution in [-0.2, 0) is 0 Å². The molecule has 0 heterocycles. The molecule has 0 aromatic heterocycles. The van der Waals surface area contributed by atoms with Crippen LogP contribution in [0.1, 0.15) is 0 Å². The Bertz CT molecular complexity index is 168. The molecule has 0 saturated carbocycles. The molecule has 0 aliphatic rings. The Balaban J connectivity index is 5.00. The number of rotatable bonds is 6. The normalized spacial score (nSPS) is 9.00. The van der Waals surface area contributed by atoms with Gasteiger partial charge in [0, 0.05) is 114 Å². The van der Waals surface area contributed by atoms with Gasteiger partial charge in [0.25, 0.3) is 0 Å². The molecule has 0 saturated heterocycles. The lowest BCUT2D eigenvalue weighted by Gasteiger charge is -2.37. The zero-order valence-corrected chi connectivity index (χ0v) is 9.24. The van der Waals surface area contributed by atoms with Gasteiger partial charge in [-0.25, -0.2) is 0 Å². The summed E-state index contributed by atoms with van der Waals surface area (Å²) in [5, 5.41) is 0. The molecule has 0 amide bonds. The zero-order valence-electron chi connectivity index (χ0n) is 9.24. The summed E-state index contributed by atoms with van der Waals surface area (Å²) in [6, 6.07) is 0. The van der Waals surface area contributed by atoms with E-state index in [-0.39, 0.29) is 0 Å². The van der Waals surface area contributed by atoms with E-state index in [1.807, 2.05) is 0 Å². The van der Waals surface area contributed by atoms with Crippen molar-refractivity contribution in [3.05, 3.63) is 0 Å². The lowest BCUT2D eigenvalue weighted by Crippen LogP contribution is -2.75. The molecule has 0 aliphatic heterocycles. The fraction of sp³-hybridized carbons (Fsp3) is 0. The number of hydrogen-bond acceptors (Lipinski definition) is 0. The van der Waals surface area contributed by atoms with Crippen molar-refractivity contribution in [2.24, 2.45) is 0 Å². The SMILES string of the molecule is [B]B([B])B([B])B(B([B])[B])B(B([B])[B])B([B])[B]. The first kappa shape index (κ1) is 17.0. The summed E-state index contributed by atoms with van der Waals surface area (Å²) in [6.45, 7) is 0. The average Bonchev–Trinajstić information content (AvgIpc) is 2.10. The van der Waals surface area contributed by atoms with Crippen molar-refractivity contribution in [2.45, 2.75) is 0 Å². The maximum Gasteiger partial charge on any atom is 0 e. The van der Waals surface area contributed by atoms with E-state index < -0.39 is 44.7 Å². The Morgan fingerprint density at radius 1 is 0.375 bits per heavy atom. The molecule has 0 aliphatic carbocycles. The van der Waals surface area contributed by atoms with E-state index in [0.29, 0.717) is 0 Å². The summed E-state index contributed by atoms with van der Waals surface area (Å²) in [6.07, 6.45) is -5.02. The highest BCUT2D eigenvalue weighted by Crippen LogP contribution is 2.00. The van der Waals surface area contributed by atoms with Crippen LogP contribution in [0, 0.1) is 0 Å². The first-order valence-electron chi connectivity index (χ1n) is 5.00. The highest BCUT2D eigenvalue weighted by Gasteiger charge is 2.38. The van der Waals surface area contributed by atoms with Crippen molar-refractivity contribution in [3.8, 4) is 0 Å². The van der Waals surface area contributed by atoms with Crippen LogP contribution in [-0.4, -0.2) is 114 Å². The summed E-state index contributed by atoms with van der Waals surface area (Å²) in [5.41, 5.74) is 0. The molecule has 16 heteroatoms. The van der Waals surface area contributed by atoms with Crippen molar-refractivity contribution < 1.29 is 0 Å². The average molecular weight is 173 g/mol. The van der Waals surface area contributed by atoms with E-state index in [4.69, 9.17) is 69.6 Å². The van der Waals surface area contributed by atoms with E-state index in [1.165, 1.54) is 0 Å². The molecule has 16 heavy (non-hydrogen) atoms. The van der Waals surface area contributed by atoms with Gasteiger partial charge in [-0.2, -0.15) is 0 Å². The molecule has 0 spiro atoms. The Morgan fingerprint density at radius 2 is 0.688 bits per heavy atom. The highest BCUT2D eigenvalue weighted by atomic mass is 13.2. The largest absolute Gasteiger partial charge is 0 e. The van der Waals surface area contributed by atoms with Crippen molar-refractivity contribution in [2.75, 3.05) is 0 Å². The summed E-state index contributed by atoms with van der Waals surface area (Å²) >= 11 is 0.